The summed E-state index contributed by atoms with van der Waals surface area (Å²) in [5.41, 5.74) is 2.50. The monoisotopic (exact) mass is 386 g/mol. The van der Waals surface area contributed by atoms with E-state index in [4.69, 9.17) is 4.52 Å². The van der Waals surface area contributed by atoms with Crippen molar-refractivity contribution in [3.8, 4) is 11.4 Å². The Kier molecular flexibility index (Phi) is 5.29. The van der Waals surface area contributed by atoms with Gasteiger partial charge < -0.3 is 4.52 Å². The lowest BCUT2D eigenvalue weighted by Gasteiger charge is -2.25. The fourth-order valence-electron chi connectivity index (χ4n) is 3.71. The van der Waals surface area contributed by atoms with Crippen LogP contribution >= 0.6 is 11.8 Å². The van der Waals surface area contributed by atoms with E-state index in [1.54, 1.807) is 23.9 Å². The normalized spacial score (nSPS) is 15.4. The van der Waals surface area contributed by atoms with Crippen molar-refractivity contribution in [2.45, 2.75) is 62.9 Å². The van der Waals surface area contributed by atoms with Crippen LogP contribution in [-0.2, 0) is 5.75 Å². The molecule has 142 valence electrons. The molecule has 7 heteroatoms. The summed E-state index contributed by atoms with van der Waals surface area (Å²) in [7, 11) is 0. The molecule has 0 N–H and O–H groups in total. The van der Waals surface area contributed by atoms with Gasteiger partial charge in [-0.25, -0.2) is 4.39 Å². The molecule has 0 atom stereocenters. The second-order valence-electron chi connectivity index (χ2n) is 7.04. The third kappa shape index (κ3) is 3.65. The summed E-state index contributed by atoms with van der Waals surface area (Å²) < 4.78 is 21.9. The highest BCUT2D eigenvalue weighted by atomic mass is 32.2. The van der Waals surface area contributed by atoms with Crippen molar-refractivity contribution in [2.24, 2.45) is 0 Å². The summed E-state index contributed by atoms with van der Waals surface area (Å²) in [5.74, 6) is 1.91. The van der Waals surface area contributed by atoms with Crippen LogP contribution in [0.1, 0.15) is 55.2 Å². The summed E-state index contributed by atoms with van der Waals surface area (Å²) >= 11 is 1.62. The van der Waals surface area contributed by atoms with Crippen LogP contribution in [0, 0.1) is 19.7 Å². The molecular formula is C20H23FN4OS. The number of rotatable bonds is 5. The Bertz CT molecular complexity index is 910. The zero-order valence-corrected chi connectivity index (χ0v) is 16.4. The van der Waals surface area contributed by atoms with Gasteiger partial charge in [0.1, 0.15) is 11.6 Å². The molecule has 1 aliphatic carbocycles. The molecule has 1 saturated carbocycles. The average Bonchev–Trinajstić information content (AvgIpc) is 3.24. The third-order valence-corrected chi connectivity index (χ3v) is 6.22. The molecule has 0 aliphatic heterocycles. The van der Waals surface area contributed by atoms with Crippen molar-refractivity contribution < 1.29 is 8.91 Å². The van der Waals surface area contributed by atoms with Crippen LogP contribution in [0.15, 0.2) is 33.9 Å². The molecule has 0 amide bonds. The second-order valence-corrected chi connectivity index (χ2v) is 7.98. The molecular weight excluding hydrogens is 363 g/mol. The first-order valence-corrected chi connectivity index (χ1v) is 10.4. The highest BCUT2D eigenvalue weighted by Crippen LogP contribution is 2.37. The van der Waals surface area contributed by atoms with Gasteiger partial charge in [0, 0.05) is 17.4 Å². The molecule has 4 rings (SSSR count). The van der Waals surface area contributed by atoms with E-state index in [2.05, 4.69) is 19.9 Å². The van der Waals surface area contributed by atoms with Gasteiger partial charge in [0.15, 0.2) is 11.0 Å². The van der Waals surface area contributed by atoms with E-state index >= 15 is 0 Å². The van der Waals surface area contributed by atoms with Crippen molar-refractivity contribution in [3.63, 3.8) is 0 Å². The molecule has 0 radical (unpaired) electrons. The number of hydrogen-bond acceptors (Lipinski definition) is 5. The Morgan fingerprint density at radius 2 is 1.93 bits per heavy atom. The van der Waals surface area contributed by atoms with Gasteiger partial charge in [-0.15, -0.1) is 10.2 Å². The molecule has 0 saturated heterocycles. The highest BCUT2D eigenvalue weighted by Gasteiger charge is 2.25. The molecule has 0 unspecified atom stereocenters. The first-order chi connectivity index (χ1) is 13.1. The Morgan fingerprint density at radius 1 is 1.15 bits per heavy atom. The number of aryl methyl sites for hydroxylation is 2. The van der Waals surface area contributed by atoms with Gasteiger partial charge in [0.2, 0.25) is 0 Å². The van der Waals surface area contributed by atoms with E-state index in [-0.39, 0.29) is 5.82 Å². The lowest BCUT2D eigenvalue weighted by Crippen LogP contribution is -2.15. The van der Waals surface area contributed by atoms with Crippen molar-refractivity contribution in [3.05, 3.63) is 47.1 Å². The van der Waals surface area contributed by atoms with Gasteiger partial charge in [-0.05, 0) is 38.8 Å². The Hall–Kier alpha value is -2.15. The van der Waals surface area contributed by atoms with E-state index in [1.165, 1.54) is 25.3 Å². The van der Waals surface area contributed by atoms with Crippen LogP contribution in [0.5, 0.6) is 0 Å². The zero-order chi connectivity index (χ0) is 18.8. The minimum absolute atomic E-state index is 0.260. The largest absolute Gasteiger partial charge is 0.361 e. The third-order valence-electron chi connectivity index (χ3n) is 5.25. The average molecular weight is 386 g/mol. The van der Waals surface area contributed by atoms with Gasteiger partial charge >= 0.3 is 0 Å². The molecule has 27 heavy (non-hydrogen) atoms. The van der Waals surface area contributed by atoms with Crippen LogP contribution in [-0.4, -0.2) is 19.9 Å². The summed E-state index contributed by atoms with van der Waals surface area (Å²) in [6.07, 6.45) is 5.80. The fourth-order valence-corrected chi connectivity index (χ4v) is 4.87. The molecule has 5 nitrogen and oxygen atoms in total. The van der Waals surface area contributed by atoms with Crippen LogP contribution in [0.2, 0.25) is 0 Å². The number of halogens is 1. The predicted molar refractivity (Wildman–Crippen MR) is 103 cm³/mol. The maximum absolute atomic E-state index is 14.4. The number of thioether (sulfide) groups is 1. The quantitative estimate of drug-likeness (QED) is 0.543. The summed E-state index contributed by atoms with van der Waals surface area (Å²) in [6, 6.07) is 7.12. The SMILES string of the molecule is Cc1noc(C)c1CSc1nnc(-c2ccccc2F)n1C1CCCCC1. The molecule has 1 aliphatic rings. The minimum atomic E-state index is -0.260. The zero-order valence-electron chi connectivity index (χ0n) is 15.6. The maximum Gasteiger partial charge on any atom is 0.192 e. The first-order valence-electron chi connectivity index (χ1n) is 9.39. The Labute approximate surface area is 162 Å². The topological polar surface area (TPSA) is 56.7 Å². The molecule has 0 spiro atoms. The molecule has 0 bridgehead atoms. The van der Waals surface area contributed by atoms with Gasteiger partial charge in [0.05, 0.1) is 11.3 Å². The van der Waals surface area contributed by atoms with Crippen LogP contribution in [0.25, 0.3) is 11.4 Å². The minimum Gasteiger partial charge on any atom is -0.361 e. The summed E-state index contributed by atoms with van der Waals surface area (Å²) in [4.78, 5) is 0. The van der Waals surface area contributed by atoms with E-state index in [9.17, 15) is 4.39 Å². The lowest BCUT2D eigenvalue weighted by atomic mass is 9.95. The van der Waals surface area contributed by atoms with E-state index < -0.39 is 0 Å². The number of benzene rings is 1. The van der Waals surface area contributed by atoms with E-state index in [1.807, 2.05) is 19.9 Å². The van der Waals surface area contributed by atoms with Gasteiger partial charge in [-0.3, -0.25) is 4.57 Å². The van der Waals surface area contributed by atoms with Crippen molar-refractivity contribution >= 4 is 11.8 Å². The van der Waals surface area contributed by atoms with Crippen LogP contribution < -0.4 is 0 Å². The second kappa shape index (κ2) is 7.84. The summed E-state index contributed by atoms with van der Waals surface area (Å²) in [6.45, 7) is 3.87. The molecule has 2 aromatic heterocycles. The highest BCUT2D eigenvalue weighted by molar-refractivity contribution is 7.98. The smallest absolute Gasteiger partial charge is 0.192 e. The fraction of sp³-hybridized carbons (Fsp3) is 0.450. The lowest BCUT2D eigenvalue weighted by molar-refractivity contribution is 0.339. The molecule has 3 aromatic rings. The van der Waals surface area contributed by atoms with E-state index in [0.717, 1.165) is 35.0 Å². The van der Waals surface area contributed by atoms with Gasteiger partial charge in [0.25, 0.3) is 0 Å². The van der Waals surface area contributed by atoms with Crippen LogP contribution in [0.3, 0.4) is 0 Å². The van der Waals surface area contributed by atoms with Gasteiger partial charge in [-0.2, -0.15) is 0 Å². The molecule has 1 fully saturated rings. The maximum atomic E-state index is 14.4. The standard InChI is InChI=1S/C20H23FN4OS/c1-13-17(14(2)26-24-13)12-27-20-23-22-19(16-10-6-7-11-18(16)21)25(20)15-8-4-3-5-9-15/h6-7,10-11,15H,3-5,8-9,12H2,1-2H3. The van der Waals surface area contributed by atoms with Crippen molar-refractivity contribution in [2.75, 3.05) is 0 Å². The van der Waals surface area contributed by atoms with Crippen molar-refractivity contribution in [1.82, 2.24) is 19.9 Å². The summed E-state index contributed by atoms with van der Waals surface area (Å²) in [5, 5.41) is 13.7. The molecule has 1 aromatic carbocycles. The Balaban J connectivity index is 1.70. The first kappa shape index (κ1) is 18.2. The molecule has 2 heterocycles. The predicted octanol–water partition coefficient (Wildman–Crippen LogP) is 5.49. The van der Waals surface area contributed by atoms with E-state index in [0.29, 0.717) is 23.2 Å². The van der Waals surface area contributed by atoms with Gasteiger partial charge in [-0.1, -0.05) is 48.3 Å². The van der Waals surface area contributed by atoms with Crippen LogP contribution in [0.4, 0.5) is 4.39 Å². The number of aromatic nitrogens is 4. The Morgan fingerprint density at radius 3 is 2.63 bits per heavy atom. The number of nitrogens with zero attached hydrogens (tertiary/aromatic N) is 4. The van der Waals surface area contributed by atoms with Crippen molar-refractivity contribution in [1.29, 1.82) is 0 Å². The number of hydrogen-bond donors (Lipinski definition) is 0.